The number of hydrogen-bond donors (Lipinski definition) is 1. The molecule has 0 saturated carbocycles. The third-order valence-corrected chi connectivity index (χ3v) is 5.97. The highest BCUT2D eigenvalue weighted by Crippen LogP contribution is 2.30. The van der Waals surface area contributed by atoms with Crippen LogP contribution < -0.4 is 5.32 Å². The lowest BCUT2D eigenvalue weighted by Crippen LogP contribution is -2.60. The number of piperidine rings is 1. The van der Waals surface area contributed by atoms with Crippen LogP contribution in [0.2, 0.25) is 0 Å². The molecule has 0 unspecified atom stereocenters. The predicted octanol–water partition coefficient (Wildman–Crippen LogP) is 2.50. The molecule has 2 atom stereocenters. The zero-order valence-corrected chi connectivity index (χ0v) is 17.4. The van der Waals surface area contributed by atoms with Gasteiger partial charge in [0.15, 0.2) is 0 Å². The van der Waals surface area contributed by atoms with Gasteiger partial charge in [-0.3, -0.25) is 9.69 Å². The number of rotatable bonds is 3. The first-order valence-corrected chi connectivity index (χ1v) is 9.68. The highest BCUT2D eigenvalue weighted by atomic mass is 35.5. The molecular formula is C20H31Cl2N3O2. The molecule has 4 rings (SSSR count). The molecule has 0 radical (unpaired) electrons. The van der Waals surface area contributed by atoms with Crippen molar-refractivity contribution in [1.29, 1.82) is 0 Å². The van der Waals surface area contributed by atoms with Gasteiger partial charge in [0.25, 0.3) is 0 Å². The van der Waals surface area contributed by atoms with Gasteiger partial charge in [0.2, 0.25) is 5.91 Å². The molecule has 1 N–H and O–H groups in total. The fourth-order valence-corrected chi connectivity index (χ4v) is 4.49. The first-order chi connectivity index (χ1) is 12.3. The van der Waals surface area contributed by atoms with Crippen molar-refractivity contribution >= 4 is 30.7 Å². The maximum atomic E-state index is 12.7. The molecule has 1 aromatic carbocycles. The molecule has 0 spiro atoms. The summed E-state index contributed by atoms with van der Waals surface area (Å²) >= 11 is 0. The second-order valence-corrected chi connectivity index (χ2v) is 7.59. The van der Waals surface area contributed by atoms with E-state index in [2.05, 4.69) is 45.4 Å². The number of hydrogen-bond acceptors (Lipinski definition) is 4. The van der Waals surface area contributed by atoms with Gasteiger partial charge in [-0.05, 0) is 37.4 Å². The zero-order valence-electron chi connectivity index (χ0n) is 15.7. The van der Waals surface area contributed by atoms with Gasteiger partial charge in [0.05, 0.1) is 25.3 Å². The van der Waals surface area contributed by atoms with Gasteiger partial charge in [-0.25, -0.2) is 0 Å². The highest BCUT2D eigenvalue weighted by molar-refractivity contribution is 5.85. The summed E-state index contributed by atoms with van der Waals surface area (Å²) in [7, 11) is 0. The highest BCUT2D eigenvalue weighted by Gasteiger charge is 2.37. The van der Waals surface area contributed by atoms with E-state index >= 15 is 0 Å². The smallest absolute Gasteiger partial charge is 0.222 e. The third kappa shape index (κ3) is 5.36. The fourth-order valence-electron chi connectivity index (χ4n) is 4.49. The molecule has 7 heteroatoms. The average Bonchev–Trinajstić information content (AvgIpc) is 2.68. The Labute approximate surface area is 174 Å². The van der Waals surface area contributed by atoms with Crippen molar-refractivity contribution in [2.75, 3.05) is 45.9 Å². The maximum Gasteiger partial charge on any atom is 0.222 e. The van der Waals surface area contributed by atoms with Crippen LogP contribution >= 0.6 is 24.8 Å². The first kappa shape index (κ1) is 22.4. The van der Waals surface area contributed by atoms with Crippen LogP contribution in [0.3, 0.4) is 0 Å². The molecule has 3 fully saturated rings. The van der Waals surface area contributed by atoms with Gasteiger partial charge >= 0.3 is 0 Å². The van der Waals surface area contributed by atoms with E-state index in [4.69, 9.17) is 4.74 Å². The van der Waals surface area contributed by atoms with E-state index in [-0.39, 0.29) is 24.8 Å². The van der Waals surface area contributed by atoms with E-state index in [0.717, 1.165) is 65.2 Å². The van der Waals surface area contributed by atoms with Crippen molar-refractivity contribution in [2.24, 2.45) is 5.92 Å². The average molecular weight is 416 g/mol. The monoisotopic (exact) mass is 415 g/mol. The SMILES string of the molecule is Cl.Cl.O=C(CC1CCNCC1)N1CCN2[C@@H](COC[C@@H]2c2ccccc2)C1. The van der Waals surface area contributed by atoms with E-state index < -0.39 is 0 Å². The number of piperazine rings is 1. The largest absolute Gasteiger partial charge is 0.378 e. The number of benzene rings is 1. The molecule has 3 saturated heterocycles. The molecule has 0 bridgehead atoms. The van der Waals surface area contributed by atoms with Crippen molar-refractivity contribution in [2.45, 2.75) is 31.3 Å². The Balaban J connectivity index is 0.00000131. The molecule has 0 aromatic heterocycles. The molecule has 1 aromatic rings. The van der Waals surface area contributed by atoms with Crippen molar-refractivity contribution in [3.63, 3.8) is 0 Å². The number of ether oxygens (including phenoxy) is 1. The Kier molecular flexibility index (Phi) is 8.83. The zero-order chi connectivity index (χ0) is 17.1. The number of fused-ring (bicyclic) bond motifs is 1. The second kappa shape index (κ2) is 10.6. The van der Waals surface area contributed by atoms with E-state index in [1.165, 1.54) is 5.56 Å². The third-order valence-electron chi connectivity index (χ3n) is 5.97. The van der Waals surface area contributed by atoms with Gasteiger partial charge in [0, 0.05) is 26.1 Å². The lowest BCUT2D eigenvalue weighted by molar-refractivity contribution is -0.141. The summed E-state index contributed by atoms with van der Waals surface area (Å²) in [6, 6.07) is 11.3. The number of morpholine rings is 1. The van der Waals surface area contributed by atoms with Crippen LogP contribution in [0.5, 0.6) is 0 Å². The van der Waals surface area contributed by atoms with Crippen LogP contribution in [0.4, 0.5) is 0 Å². The molecule has 1 amide bonds. The van der Waals surface area contributed by atoms with Crippen molar-refractivity contribution < 1.29 is 9.53 Å². The molecule has 3 heterocycles. The quantitative estimate of drug-likeness (QED) is 0.823. The number of carbonyl (C=O) groups is 1. The van der Waals surface area contributed by atoms with Crippen LogP contribution in [0, 0.1) is 5.92 Å². The molecule has 0 aliphatic carbocycles. The summed E-state index contributed by atoms with van der Waals surface area (Å²) in [6.07, 6.45) is 2.99. The minimum atomic E-state index is 0. The normalized spacial score (nSPS) is 26.4. The second-order valence-electron chi connectivity index (χ2n) is 7.59. The number of nitrogens with zero attached hydrogens (tertiary/aromatic N) is 2. The summed E-state index contributed by atoms with van der Waals surface area (Å²) < 4.78 is 5.90. The van der Waals surface area contributed by atoms with Crippen LogP contribution in [0.25, 0.3) is 0 Å². The van der Waals surface area contributed by atoms with Crippen molar-refractivity contribution in [3.8, 4) is 0 Å². The summed E-state index contributed by atoms with van der Waals surface area (Å²) in [6.45, 7) is 6.22. The van der Waals surface area contributed by atoms with Crippen LogP contribution in [0.1, 0.15) is 30.9 Å². The first-order valence-electron chi connectivity index (χ1n) is 9.68. The molecule has 3 aliphatic heterocycles. The molecule has 3 aliphatic rings. The Morgan fingerprint density at radius 1 is 1.07 bits per heavy atom. The number of amides is 1. The molecular weight excluding hydrogens is 385 g/mol. The topological polar surface area (TPSA) is 44.8 Å². The number of nitrogens with one attached hydrogen (secondary N) is 1. The van der Waals surface area contributed by atoms with Crippen LogP contribution in [-0.2, 0) is 9.53 Å². The minimum Gasteiger partial charge on any atom is -0.378 e. The van der Waals surface area contributed by atoms with Gasteiger partial charge in [-0.1, -0.05) is 30.3 Å². The van der Waals surface area contributed by atoms with Gasteiger partial charge < -0.3 is 15.0 Å². The Bertz CT molecular complexity index is 584. The molecule has 27 heavy (non-hydrogen) atoms. The standard InChI is InChI=1S/C20H29N3O2.2ClH/c24-20(12-16-6-8-21-9-7-16)22-10-11-23-18(13-22)14-25-15-19(23)17-4-2-1-3-5-17;;/h1-5,16,18-19,21H,6-15H2;2*1H/t18-,19-;;/m1../s1. The summed E-state index contributed by atoms with van der Waals surface area (Å²) in [5.74, 6) is 0.903. The Morgan fingerprint density at radius 2 is 1.81 bits per heavy atom. The summed E-state index contributed by atoms with van der Waals surface area (Å²) in [5, 5.41) is 3.38. The predicted molar refractivity (Wildman–Crippen MR) is 112 cm³/mol. The number of carbonyl (C=O) groups excluding carboxylic acids is 1. The van der Waals surface area contributed by atoms with Crippen molar-refractivity contribution in [1.82, 2.24) is 15.1 Å². The molecule has 152 valence electrons. The summed E-state index contributed by atoms with van der Waals surface area (Å²) in [5.41, 5.74) is 1.32. The number of halogens is 2. The van der Waals surface area contributed by atoms with Crippen LogP contribution in [0.15, 0.2) is 30.3 Å². The molecule has 5 nitrogen and oxygen atoms in total. The van der Waals surface area contributed by atoms with Crippen LogP contribution in [-0.4, -0.2) is 67.7 Å². The Hall–Kier alpha value is -0.850. The van der Waals surface area contributed by atoms with Gasteiger partial charge in [0.1, 0.15) is 0 Å². The van der Waals surface area contributed by atoms with E-state index in [9.17, 15) is 4.79 Å². The Morgan fingerprint density at radius 3 is 2.56 bits per heavy atom. The van der Waals surface area contributed by atoms with Gasteiger partial charge in [-0.2, -0.15) is 0 Å². The van der Waals surface area contributed by atoms with Gasteiger partial charge in [-0.15, -0.1) is 24.8 Å². The van der Waals surface area contributed by atoms with E-state index in [0.29, 0.717) is 23.9 Å². The van der Waals surface area contributed by atoms with E-state index in [1.54, 1.807) is 0 Å². The minimum absolute atomic E-state index is 0. The van der Waals surface area contributed by atoms with Crippen molar-refractivity contribution in [3.05, 3.63) is 35.9 Å². The fraction of sp³-hybridized carbons (Fsp3) is 0.650. The lowest BCUT2D eigenvalue weighted by Gasteiger charge is -2.48. The summed E-state index contributed by atoms with van der Waals surface area (Å²) in [4.78, 5) is 17.4. The van der Waals surface area contributed by atoms with E-state index in [1.807, 2.05) is 0 Å². The maximum absolute atomic E-state index is 12.7. The lowest BCUT2D eigenvalue weighted by atomic mass is 9.93.